The first-order chi connectivity index (χ1) is 9.08. The molecule has 0 aliphatic carbocycles. The molecule has 0 aromatic carbocycles. The van der Waals surface area contributed by atoms with E-state index in [0.29, 0.717) is 17.3 Å². The number of aliphatic hydroxyl groups is 1. The van der Waals surface area contributed by atoms with Gasteiger partial charge in [0.05, 0.1) is 16.8 Å². The molecule has 19 heavy (non-hydrogen) atoms. The number of halogens is 1. The van der Waals surface area contributed by atoms with Crippen molar-refractivity contribution in [2.75, 3.05) is 26.2 Å². The van der Waals surface area contributed by atoms with Crippen molar-refractivity contribution in [3.8, 4) is 0 Å². The molecule has 1 aliphatic rings. The quantitative estimate of drug-likeness (QED) is 0.739. The number of likely N-dealkylation sites (tertiary alicyclic amines) is 1. The highest BCUT2D eigenvalue weighted by Crippen LogP contribution is 2.16. The number of β-amino-alcohol motifs (C(OH)–C–C–N with tert-alkyl or cyclic N) is 1. The molecule has 3 N–H and O–H groups in total. The molecule has 1 atom stereocenters. The zero-order valence-corrected chi connectivity index (χ0v) is 11.7. The monoisotopic (exact) mass is 286 g/mol. The molecule has 0 bridgehead atoms. The van der Waals surface area contributed by atoms with Crippen molar-refractivity contribution >= 4 is 17.5 Å². The maximum absolute atomic E-state index is 11.8. The molecule has 1 amide bonds. The van der Waals surface area contributed by atoms with Gasteiger partial charge in [-0.15, -0.1) is 0 Å². The lowest BCUT2D eigenvalue weighted by molar-refractivity contribution is 0.0875. The second-order valence-electron chi connectivity index (χ2n) is 4.88. The summed E-state index contributed by atoms with van der Waals surface area (Å²) in [5.41, 5.74) is 0.831. The van der Waals surface area contributed by atoms with Crippen LogP contribution in [0.4, 0.5) is 0 Å². The third-order valence-corrected chi connectivity index (χ3v) is 3.72. The first-order valence-electron chi connectivity index (χ1n) is 6.47. The molecule has 1 saturated heterocycles. The van der Waals surface area contributed by atoms with Gasteiger partial charge in [0.1, 0.15) is 0 Å². The van der Waals surface area contributed by atoms with Gasteiger partial charge in [-0.3, -0.25) is 9.89 Å². The van der Waals surface area contributed by atoms with Crippen LogP contribution in [0.1, 0.15) is 29.0 Å². The number of aliphatic hydroxyl groups excluding tert-OH is 1. The Morgan fingerprint density at radius 2 is 2.26 bits per heavy atom. The number of amides is 1. The lowest BCUT2D eigenvalue weighted by Crippen LogP contribution is -2.39. The maximum atomic E-state index is 11.8. The molecule has 7 heteroatoms. The highest BCUT2D eigenvalue weighted by Gasteiger charge is 2.19. The van der Waals surface area contributed by atoms with Crippen LogP contribution >= 0.6 is 11.6 Å². The number of aromatic nitrogens is 2. The van der Waals surface area contributed by atoms with E-state index in [-0.39, 0.29) is 18.1 Å². The number of aryl methyl sites for hydroxylation is 1. The van der Waals surface area contributed by atoms with Crippen molar-refractivity contribution in [3.05, 3.63) is 16.4 Å². The topological polar surface area (TPSA) is 81.2 Å². The lowest BCUT2D eigenvalue weighted by atomic mass is 10.3. The number of H-pyrrole nitrogens is 1. The number of carbonyl (C=O) groups excluding carboxylic acids is 1. The Bertz CT molecular complexity index is 443. The number of rotatable bonds is 5. The second-order valence-corrected chi connectivity index (χ2v) is 5.26. The third kappa shape index (κ3) is 3.68. The Hall–Kier alpha value is -1.11. The van der Waals surface area contributed by atoms with Gasteiger partial charge < -0.3 is 15.3 Å². The van der Waals surface area contributed by atoms with E-state index in [9.17, 15) is 9.90 Å². The molecular formula is C12H19ClN4O2. The molecule has 2 heterocycles. The predicted octanol–water partition coefficient (Wildman–Crippen LogP) is 0.558. The van der Waals surface area contributed by atoms with Gasteiger partial charge in [-0.1, -0.05) is 11.6 Å². The van der Waals surface area contributed by atoms with Gasteiger partial charge in [-0.05, 0) is 32.9 Å². The van der Waals surface area contributed by atoms with E-state index in [2.05, 4.69) is 20.4 Å². The Kier molecular flexibility index (Phi) is 4.79. The maximum Gasteiger partial charge on any atom is 0.273 e. The highest BCUT2D eigenvalue weighted by molar-refractivity contribution is 6.34. The van der Waals surface area contributed by atoms with Crippen LogP contribution < -0.4 is 5.32 Å². The summed E-state index contributed by atoms with van der Waals surface area (Å²) in [4.78, 5) is 14.0. The highest BCUT2D eigenvalue weighted by atomic mass is 35.5. The Morgan fingerprint density at radius 3 is 2.84 bits per heavy atom. The van der Waals surface area contributed by atoms with Gasteiger partial charge in [0, 0.05) is 13.1 Å². The zero-order valence-electron chi connectivity index (χ0n) is 10.9. The molecule has 0 saturated carbocycles. The smallest absolute Gasteiger partial charge is 0.273 e. The molecule has 1 fully saturated rings. The van der Waals surface area contributed by atoms with E-state index < -0.39 is 6.10 Å². The SMILES string of the molecule is Cc1[nH]nc(C(=O)NC[C@H](O)CN2CCCC2)c1Cl. The van der Waals surface area contributed by atoms with Gasteiger partial charge in [0.2, 0.25) is 0 Å². The van der Waals surface area contributed by atoms with Crippen LogP contribution in [0.15, 0.2) is 0 Å². The summed E-state index contributed by atoms with van der Waals surface area (Å²) in [6.07, 6.45) is 1.79. The first kappa shape index (κ1) is 14.3. The van der Waals surface area contributed by atoms with E-state index in [1.807, 2.05) is 0 Å². The number of nitrogens with one attached hydrogen (secondary N) is 2. The van der Waals surface area contributed by atoms with Crippen LogP contribution in [0.5, 0.6) is 0 Å². The average Bonchev–Trinajstić information content (AvgIpc) is 2.99. The fourth-order valence-electron chi connectivity index (χ4n) is 2.19. The van der Waals surface area contributed by atoms with E-state index in [1.54, 1.807) is 6.92 Å². The minimum absolute atomic E-state index is 0.174. The van der Waals surface area contributed by atoms with Gasteiger partial charge in [-0.25, -0.2) is 0 Å². The van der Waals surface area contributed by atoms with Crippen molar-refractivity contribution in [2.45, 2.75) is 25.9 Å². The van der Waals surface area contributed by atoms with Crippen LogP contribution in [-0.4, -0.2) is 58.4 Å². The van der Waals surface area contributed by atoms with Gasteiger partial charge in [0.15, 0.2) is 5.69 Å². The van der Waals surface area contributed by atoms with Crippen LogP contribution in [0.2, 0.25) is 5.02 Å². The molecule has 106 valence electrons. The summed E-state index contributed by atoms with van der Waals surface area (Å²) in [6, 6.07) is 0. The molecule has 0 unspecified atom stereocenters. The van der Waals surface area contributed by atoms with E-state index in [1.165, 1.54) is 12.8 Å². The zero-order chi connectivity index (χ0) is 13.8. The molecule has 2 rings (SSSR count). The summed E-state index contributed by atoms with van der Waals surface area (Å²) in [5, 5.41) is 19.3. The lowest BCUT2D eigenvalue weighted by Gasteiger charge is -2.19. The molecule has 1 aliphatic heterocycles. The summed E-state index contributed by atoms with van der Waals surface area (Å²) in [7, 11) is 0. The van der Waals surface area contributed by atoms with Gasteiger partial charge in [-0.2, -0.15) is 5.10 Å². The van der Waals surface area contributed by atoms with Crippen molar-refractivity contribution in [1.29, 1.82) is 0 Å². The number of hydrogen-bond acceptors (Lipinski definition) is 4. The summed E-state index contributed by atoms with van der Waals surface area (Å²) >= 11 is 5.93. The van der Waals surface area contributed by atoms with Gasteiger partial charge >= 0.3 is 0 Å². The molecule has 6 nitrogen and oxygen atoms in total. The average molecular weight is 287 g/mol. The van der Waals surface area contributed by atoms with Crippen LogP contribution in [0, 0.1) is 6.92 Å². The molecule has 0 spiro atoms. The largest absolute Gasteiger partial charge is 0.390 e. The van der Waals surface area contributed by atoms with Crippen molar-refractivity contribution in [3.63, 3.8) is 0 Å². The summed E-state index contributed by atoms with van der Waals surface area (Å²) < 4.78 is 0. The van der Waals surface area contributed by atoms with Crippen molar-refractivity contribution in [2.24, 2.45) is 0 Å². The van der Waals surface area contributed by atoms with Gasteiger partial charge in [0.25, 0.3) is 5.91 Å². The van der Waals surface area contributed by atoms with E-state index in [0.717, 1.165) is 13.1 Å². The Labute approximate surface area is 117 Å². The fourth-order valence-corrected chi connectivity index (χ4v) is 2.36. The standard InChI is InChI=1S/C12H19ClN4O2/c1-8-10(13)11(16-15-8)12(19)14-6-9(18)7-17-4-2-3-5-17/h9,18H,2-7H2,1H3,(H,14,19)(H,15,16)/t9-/m0/s1. The summed E-state index contributed by atoms with van der Waals surface area (Å²) in [6.45, 7) is 4.59. The Balaban J connectivity index is 1.78. The van der Waals surface area contributed by atoms with Crippen molar-refractivity contribution in [1.82, 2.24) is 20.4 Å². The number of hydrogen-bond donors (Lipinski definition) is 3. The minimum Gasteiger partial charge on any atom is -0.390 e. The van der Waals surface area contributed by atoms with Crippen LogP contribution in [0.25, 0.3) is 0 Å². The normalized spacial score (nSPS) is 17.6. The predicted molar refractivity (Wildman–Crippen MR) is 72.3 cm³/mol. The van der Waals surface area contributed by atoms with E-state index in [4.69, 9.17) is 11.6 Å². The minimum atomic E-state index is -0.569. The number of aromatic amines is 1. The van der Waals surface area contributed by atoms with Crippen LogP contribution in [0.3, 0.4) is 0 Å². The van der Waals surface area contributed by atoms with E-state index >= 15 is 0 Å². The number of nitrogens with zero attached hydrogens (tertiary/aromatic N) is 2. The fraction of sp³-hybridized carbons (Fsp3) is 0.667. The molecule has 1 aromatic heterocycles. The first-order valence-corrected chi connectivity index (χ1v) is 6.85. The summed E-state index contributed by atoms with van der Waals surface area (Å²) in [5.74, 6) is -0.366. The number of carbonyl (C=O) groups is 1. The van der Waals surface area contributed by atoms with Crippen molar-refractivity contribution < 1.29 is 9.90 Å². The molecule has 0 radical (unpaired) electrons. The molecule has 1 aromatic rings. The second kappa shape index (κ2) is 6.36. The van der Waals surface area contributed by atoms with Crippen LogP contribution in [-0.2, 0) is 0 Å². The molecular weight excluding hydrogens is 268 g/mol. The third-order valence-electron chi connectivity index (χ3n) is 3.25. The Morgan fingerprint density at radius 1 is 1.58 bits per heavy atom.